The molecule has 2 heterocycles. The number of nitrogens with zero attached hydrogens (tertiary/aromatic N) is 1. The average Bonchev–Trinajstić information content (AvgIpc) is 3.38. The maximum atomic E-state index is 14.6. The van der Waals surface area contributed by atoms with Gasteiger partial charge in [0.15, 0.2) is 11.6 Å². The third kappa shape index (κ3) is 5.21. The number of carbonyl (C=O) groups is 1. The largest absolute Gasteiger partial charge is 0.488 e. The molecule has 0 N–H and O–H groups in total. The number of esters is 1. The quantitative estimate of drug-likeness (QED) is 0.193. The molecule has 4 aromatic carbocycles. The first-order valence-corrected chi connectivity index (χ1v) is 13.6. The van der Waals surface area contributed by atoms with Crippen LogP contribution in [0, 0.1) is 11.6 Å². The van der Waals surface area contributed by atoms with Crippen molar-refractivity contribution >= 4 is 16.9 Å². The van der Waals surface area contributed by atoms with E-state index >= 15 is 0 Å². The van der Waals surface area contributed by atoms with Gasteiger partial charge in [-0.2, -0.15) is 0 Å². The molecule has 208 valence electrons. The van der Waals surface area contributed by atoms with Crippen LogP contribution >= 0.6 is 0 Å². The third-order valence-corrected chi connectivity index (χ3v) is 7.59. The molecule has 1 fully saturated rings. The summed E-state index contributed by atoms with van der Waals surface area (Å²) in [5.74, 6) is -1.47. The maximum absolute atomic E-state index is 14.6. The van der Waals surface area contributed by atoms with Gasteiger partial charge in [-0.3, -0.25) is 0 Å². The Balaban J connectivity index is 1.62. The Morgan fingerprint density at radius 2 is 1.66 bits per heavy atom. The van der Waals surface area contributed by atoms with Crippen molar-refractivity contribution in [3.8, 4) is 22.6 Å². The normalized spacial score (nSPS) is 13.8. The lowest BCUT2D eigenvalue weighted by molar-refractivity contribution is 0.0600. The minimum atomic E-state index is -0.914. The van der Waals surface area contributed by atoms with Gasteiger partial charge in [0.1, 0.15) is 12.4 Å². The SMILES string of the molecule is COC(=O)c1ccc(-c2c(C3CCOCC3)n(-c3ccc(F)c(F)c3)c3cccc(OCc4ccccc4)c23)cc1. The molecule has 1 aromatic heterocycles. The zero-order chi connectivity index (χ0) is 28.3. The van der Waals surface area contributed by atoms with Crippen LogP contribution in [0.4, 0.5) is 8.78 Å². The molecule has 5 aromatic rings. The third-order valence-electron chi connectivity index (χ3n) is 7.59. The molecule has 0 atom stereocenters. The summed E-state index contributed by atoms with van der Waals surface area (Å²) in [4.78, 5) is 12.2. The van der Waals surface area contributed by atoms with Crippen molar-refractivity contribution < 1.29 is 27.8 Å². The molecule has 0 unspecified atom stereocenters. The van der Waals surface area contributed by atoms with E-state index in [4.69, 9.17) is 14.2 Å². The lowest BCUT2D eigenvalue weighted by Crippen LogP contribution is -2.17. The van der Waals surface area contributed by atoms with Crippen LogP contribution in [0.2, 0.25) is 0 Å². The predicted octanol–water partition coefficient (Wildman–Crippen LogP) is 7.84. The molecule has 0 radical (unpaired) electrons. The first kappa shape index (κ1) is 26.7. The van der Waals surface area contributed by atoms with Crippen molar-refractivity contribution in [3.05, 3.63) is 119 Å². The monoisotopic (exact) mass is 553 g/mol. The van der Waals surface area contributed by atoms with Crippen LogP contribution < -0.4 is 4.74 Å². The molecule has 5 nitrogen and oxygen atoms in total. The van der Waals surface area contributed by atoms with Crippen LogP contribution in [0.5, 0.6) is 5.75 Å². The van der Waals surface area contributed by atoms with Crippen LogP contribution in [0.25, 0.3) is 27.7 Å². The van der Waals surface area contributed by atoms with E-state index in [9.17, 15) is 13.6 Å². The second-order valence-electron chi connectivity index (χ2n) is 10.1. The maximum Gasteiger partial charge on any atom is 0.337 e. The Kier molecular flexibility index (Phi) is 7.53. The zero-order valence-electron chi connectivity index (χ0n) is 22.6. The summed E-state index contributed by atoms with van der Waals surface area (Å²) in [5.41, 5.74) is 5.57. The Labute approximate surface area is 236 Å². The fraction of sp³-hybridized carbons (Fsp3) is 0.206. The lowest BCUT2D eigenvalue weighted by atomic mass is 9.89. The molecular formula is C34H29F2NO4. The van der Waals surface area contributed by atoms with Crippen molar-refractivity contribution in [1.82, 2.24) is 4.57 Å². The van der Waals surface area contributed by atoms with Crippen molar-refractivity contribution in [2.24, 2.45) is 0 Å². The lowest BCUT2D eigenvalue weighted by Gasteiger charge is -2.26. The van der Waals surface area contributed by atoms with Gasteiger partial charge in [0.25, 0.3) is 0 Å². The average molecular weight is 554 g/mol. The second-order valence-corrected chi connectivity index (χ2v) is 10.1. The molecule has 7 heteroatoms. The summed E-state index contributed by atoms with van der Waals surface area (Å²) < 4.78 is 47.7. The molecule has 0 saturated carbocycles. The fourth-order valence-electron chi connectivity index (χ4n) is 5.63. The summed E-state index contributed by atoms with van der Waals surface area (Å²) in [6.45, 7) is 1.56. The molecule has 6 rings (SSSR count). The number of halogens is 2. The van der Waals surface area contributed by atoms with Crippen LogP contribution in [0.3, 0.4) is 0 Å². The van der Waals surface area contributed by atoms with E-state index in [1.165, 1.54) is 13.2 Å². The highest BCUT2D eigenvalue weighted by Gasteiger charge is 2.30. The highest BCUT2D eigenvalue weighted by molar-refractivity contribution is 6.04. The predicted molar refractivity (Wildman–Crippen MR) is 154 cm³/mol. The number of hydrogen-bond acceptors (Lipinski definition) is 4. The molecule has 1 aliphatic heterocycles. The first-order valence-electron chi connectivity index (χ1n) is 13.6. The van der Waals surface area contributed by atoms with Crippen LogP contribution in [-0.4, -0.2) is 30.9 Å². The minimum Gasteiger partial charge on any atom is -0.488 e. The van der Waals surface area contributed by atoms with E-state index in [0.29, 0.717) is 36.8 Å². The summed E-state index contributed by atoms with van der Waals surface area (Å²) in [5, 5.41) is 0.862. The van der Waals surface area contributed by atoms with E-state index in [1.54, 1.807) is 18.2 Å². The molecule has 41 heavy (non-hydrogen) atoms. The van der Waals surface area contributed by atoms with Gasteiger partial charge in [0, 0.05) is 42.1 Å². The van der Waals surface area contributed by atoms with E-state index in [1.807, 2.05) is 65.2 Å². The van der Waals surface area contributed by atoms with Crippen molar-refractivity contribution in [2.75, 3.05) is 20.3 Å². The molecular weight excluding hydrogens is 524 g/mol. The second kappa shape index (κ2) is 11.6. The summed E-state index contributed by atoms with van der Waals surface area (Å²) >= 11 is 0. The molecule has 1 aliphatic rings. The van der Waals surface area contributed by atoms with E-state index < -0.39 is 17.6 Å². The van der Waals surface area contributed by atoms with Gasteiger partial charge in [-0.05, 0) is 60.4 Å². The number of rotatable bonds is 7. The summed E-state index contributed by atoms with van der Waals surface area (Å²) in [6.07, 6.45) is 1.54. The number of ether oxygens (including phenoxy) is 3. The van der Waals surface area contributed by atoms with Crippen molar-refractivity contribution in [2.45, 2.75) is 25.4 Å². The molecule has 1 saturated heterocycles. The van der Waals surface area contributed by atoms with Crippen LogP contribution in [0.1, 0.15) is 40.4 Å². The number of hydrogen-bond donors (Lipinski definition) is 0. The van der Waals surface area contributed by atoms with Crippen LogP contribution in [0.15, 0.2) is 91.0 Å². The van der Waals surface area contributed by atoms with Gasteiger partial charge >= 0.3 is 5.97 Å². The topological polar surface area (TPSA) is 49.7 Å². The number of aromatic nitrogens is 1. The van der Waals surface area contributed by atoms with Crippen molar-refractivity contribution in [1.29, 1.82) is 0 Å². The molecule has 0 spiro atoms. The van der Waals surface area contributed by atoms with Gasteiger partial charge in [-0.1, -0.05) is 48.5 Å². The van der Waals surface area contributed by atoms with Gasteiger partial charge in [0.05, 0.1) is 23.6 Å². The van der Waals surface area contributed by atoms with Crippen LogP contribution in [-0.2, 0) is 16.1 Å². The number of benzene rings is 4. The van der Waals surface area contributed by atoms with E-state index in [2.05, 4.69) is 0 Å². The summed E-state index contributed by atoms with van der Waals surface area (Å²) in [7, 11) is 1.35. The van der Waals surface area contributed by atoms with Gasteiger partial charge in [-0.25, -0.2) is 13.6 Å². The first-order chi connectivity index (χ1) is 20.0. The van der Waals surface area contributed by atoms with Gasteiger partial charge in [0.2, 0.25) is 0 Å². The van der Waals surface area contributed by atoms with Gasteiger partial charge < -0.3 is 18.8 Å². The van der Waals surface area contributed by atoms with Gasteiger partial charge in [-0.15, -0.1) is 0 Å². The van der Waals surface area contributed by atoms with Crippen molar-refractivity contribution in [3.63, 3.8) is 0 Å². The Hall–Kier alpha value is -4.49. The Bertz CT molecular complexity index is 1690. The molecule has 0 amide bonds. The smallest absolute Gasteiger partial charge is 0.337 e. The van der Waals surface area contributed by atoms with E-state index in [-0.39, 0.29) is 5.92 Å². The zero-order valence-corrected chi connectivity index (χ0v) is 22.6. The summed E-state index contributed by atoms with van der Waals surface area (Å²) in [6, 6.07) is 27.0. The highest BCUT2D eigenvalue weighted by atomic mass is 19.2. The Morgan fingerprint density at radius 3 is 2.37 bits per heavy atom. The minimum absolute atomic E-state index is 0.0847. The number of fused-ring (bicyclic) bond motifs is 1. The standard InChI is InChI=1S/C34H29F2NO4/c1-39-34(38)25-12-10-23(11-13-25)31-32-29(8-5-9-30(32)41-21-22-6-3-2-4-7-22)37(26-14-15-27(35)28(36)20-26)33(31)24-16-18-40-19-17-24/h2-15,20,24H,16-19,21H2,1H3. The Morgan fingerprint density at radius 1 is 0.902 bits per heavy atom. The molecule has 0 bridgehead atoms. The fourth-order valence-corrected chi connectivity index (χ4v) is 5.63. The highest BCUT2D eigenvalue weighted by Crippen LogP contribution is 2.47. The van der Waals surface area contributed by atoms with E-state index in [0.717, 1.165) is 52.2 Å². The number of carbonyl (C=O) groups excluding carboxylic acids is 1. The molecule has 0 aliphatic carbocycles. The number of methoxy groups -OCH3 is 1.